The Morgan fingerprint density at radius 1 is 1.33 bits per heavy atom. The molecule has 0 aliphatic rings. The SMILES string of the molecule is C[N+](C)(C)CC(=O)NCC(=O)O. The fourth-order valence-corrected chi connectivity index (χ4v) is 0.661. The summed E-state index contributed by atoms with van der Waals surface area (Å²) in [4.78, 5) is 21.0. The summed E-state index contributed by atoms with van der Waals surface area (Å²) in [6.07, 6.45) is 0. The third-order valence-electron chi connectivity index (χ3n) is 1.05. The topological polar surface area (TPSA) is 66.4 Å². The summed E-state index contributed by atoms with van der Waals surface area (Å²) in [5.74, 6) is -1.27. The maximum absolute atomic E-state index is 11.0. The monoisotopic (exact) mass is 175 g/mol. The van der Waals surface area contributed by atoms with Gasteiger partial charge in [-0.3, -0.25) is 9.59 Å². The van der Waals surface area contributed by atoms with E-state index in [9.17, 15) is 9.59 Å². The van der Waals surface area contributed by atoms with Crippen LogP contribution in [0.1, 0.15) is 0 Å². The van der Waals surface area contributed by atoms with Crippen molar-refractivity contribution < 1.29 is 19.2 Å². The van der Waals surface area contributed by atoms with E-state index in [0.29, 0.717) is 4.48 Å². The molecule has 5 nitrogen and oxygen atoms in total. The molecule has 0 saturated carbocycles. The number of nitrogens with zero attached hydrogens (tertiary/aromatic N) is 1. The van der Waals surface area contributed by atoms with Crippen molar-refractivity contribution in [2.75, 3.05) is 34.2 Å². The van der Waals surface area contributed by atoms with Gasteiger partial charge in [0, 0.05) is 0 Å². The third kappa shape index (κ3) is 7.01. The van der Waals surface area contributed by atoms with Gasteiger partial charge in [0.05, 0.1) is 21.1 Å². The molecule has 0 spiro atoms. The molecule has 0 saturated heterocycles. The predicted octanol–water partition coefficient (Wildman–Crippen LogP) is -1.11. The van der Waals surface area contributed by atoms with Crippen LogP contribution < -0.4 is 5.32 Å². The number of quaternary nitrogens is 1. The van der Waals surface area contributed by atoms with Crippen molar-refractivity contribution in [1.82, 2.24) is 5.32 Å². The molecule has 0 aliphatic carbocycles. The second kappa shape index (κ2) is 4.06. The van der Waals surface area contributed by atoms with Crippen LogP contribution in [0.4, 0.5) is 0 Å². The number of likely N-dealkylation sites (N-methyl/N-ethyl adjacent to an activating group) is 1. The molecule has 0 fully saturated rings. The summed E-state index contributed by atoms with van der Waals surface area (Å²) in [5.41, 5.74) is 0. The maximum atomic E-state index is 11.0. The van der Waals surface area contributed by atoms with Crippen LogP contribution in [0.3, 0.4) is 0 Å². The van der Waals surface area contributed by atoms with Gasteiger partial charge < -0.3 is 14.9 Å². The lowest BCUT2D eigenvalue weighted by atomic mass is 10.4. The lowest BCUT2D eigenvalue weighted by Gasteiger charge is -2.22. The number of carbonyl (C=O) groups is 2. The summed E-state index contributed by atoms with van der Waals surface area (Å²) in [7, 11) is 5.58. The van der Waals surface area contributed by atoms with Gasteiger partial charge in [0.25, 0.3) is 5.91 Å². The van der Waals surface area contributed by atoms with Crippen molar-refractivity contribution in [1.29, 1.82) is 0 Å². The van der Waals surface area contributed by atoms with Gasteiger partial charge in [0.15, 0.2) is 6.54 Å². The van der Waals surface area contributed by atoms with Crippen LogP contribution in [0.25, 0.3) is 0 Å². The number of hydrogen-bond donors (Lipinski definition) is 2. The number of rotatable bonds is 4. The van der Waals surface area contributed by atoms with Crippen LogP contribution in [0.2, 0.25) is 0 Å². The quantitative estimate of drug-likeness (QED) is 0.533. The molecule has 0 radical (unpaired) electrons. The summed E-state index contributed by atoms with van der Waals surface area (Å²) in [6.45, 7) is -0.0217. The lowest BCUT2D eigenvalue weighted by molar-refractivity contribution is -0.862. The fourth-order valence-electron chi connectivity index (χ4n) is 0.661. The molecule has 0 heterocycles. The van der Waals surface area contributed by atoms with E-state index in [4.69, 9.17) is 5.11 Å². The number of aliphatic carboxylic acids is 1. The van der Waals surface area contributed by atoms with E-state index < -0.39 is 5.97 Å². The molecular formula is C7H15N2O3+. The molecule has 0 aromatic rings. The number of hydrogen-bond acceptors (Lipinski definition) is 2. The number of carbonyl (C=O) groups excluding carboxylic acids is 1. The molecule has 0 aromatic heterocycles. The van der Waals surface area contributed by atoms with Gasteiger partial charge in [0.1, 0.15) is 6.54 Å². The molecular weight excluding hydrogens is 160 g/mol. The van der Waals surface area contributed by atoms with E-state index in [2.05, 4.69) is 5.32 Å². The summed E-state index contributed by atoms with van der Waals surface area (Å²) in [5, 5.41) is 10.5. The van der Waals surface area contributed by atoms with Crippen LogP contribution in [0.5, 0.6) is 0 Å². The molecule has 5 heteroatoms. The van der Waals surface area contributed by atoms with E-state index in [1.54, 1.807) is 0 Å². The minimum Gasteiger partial charge on any atom is -0.480 e. The van der Waals surface area contributed by atoms with Gasteiger partial charge in [-0.1, -0.05) is 0 Å². The second-order valence-electron chi connectivity index (χ2n) is 3.62. The van der Waals surface area contributed by atoms with Crippen LogP contribution >= 0.6 is 0 Å². The van der Waals surface area contributed by atoms with Gasteiger partial charge in [-0.25, -0.2) is 0 Å². The number of carboxylic acids is 1. The molecule has 12 heavy (non-hydrogen) atoms. The zero-order valence-electron chi connectivity index (χ0n) is 7.63. The van der Waals surface area contributed by atoms with Crippen molar-refractivity contribution in [3.05, 3.63) is 0 Å². The lowest BCUT2D eigenvalue weighted by Crippen LogP contribution is -2.45. The van der Waals surface area contributed by atoms with Crippen LogP contribution in [0, 0.1) is 0 Å². The Bertz CT molecular complexity index is 184. The highest BCUT2D eigenvalue weighted by molar-refractivity contribution is 5.81. The van der Waals surface area contributed by atoms with Crippen LogP contribution in [-0.4, -0.2) is 55.7 Å². The van der Waals surface area contributed by atoms with E-state index >= 15 is 0 Å². The van der Waals surface area contributed by atoms with Gasteiger partial charge in [-0.15, -0.1) is 0 Å². The smallest absolute Gasteiger partial charge is 0.322 e. The minimum atomic E-state index is -1.02. The Morgan fingerprint density at radius 3 is 2.17 bits per heavy atom. The Hall–Kier alpha value is -1.10. The summed E-state index contributed by atoms with van der Waals surface area (Å²) in [6, 6.07) is 0. The largest absolute Gasteiger partial charge is 0.480 e. The van der Waals surface area contributed by atoms with Gasteiger partial charge >= 0.3 is 5.97 Å². The molecule has 0 rings (SSSR count). The number of carboxylic acid groups (broad SMARTS) is 1. The first-order chi connectivity index (χ1) is 5.31. The Balaban J connectivity index is 3.68. The molecule has 0 bridgehead atoms. The van der Waals surface area contributed by atoms with E-state index in [0.717, 1.165) is 0 Å². The highest BCUT2D eigenvalue weighted by Gasteiger charge is 2.14. The molecule has 0 unspecified atom stereocenters. The van der Waals surface area contributed by atoms with E-state index in [1.807, 2.05) is 21.1 Å². The van der Waals surface area contributed by atoms with E-state index in [1.165, 1.54) is 0 Å². The first kappa shape index (κ1) is 10.9. The van der Waals surface area contributed by atoms with Crippen LogP contribution in [0.15, 0.2) is 0 Å². The summed E-state index contributed by atoms with van der Waals surface area (Å²) >= 11 is 0. The average molecular weight is 175 g/mol. The molecule has 1 amide bonds. The molecule has 70 valence electrons. The fraction of sp³-hybridized carbons (Fsp3) is 0.714. The maximum Gasteiger partial charge on any atom is 0.322 e. The summed E-state index contributed by atoms with van der Waals surface area (Å²) < 4.78 is 0.492. The predicted molar refractivity (Wildman–Crippen MR) is 43.5 cm³/mol. The Morgan fingerprint density at radius 2 is 1.83 bits per heavy atom. The highest BCUT2D eigenvalue weighted by atomic mass is 16.4. The average Bonchev–Trinajstić information content (AvgIpc) is 1.79. The first-order valence-corrected chi connectivity index (χ1v) is 3.60. The van der Waals surface area contributed by atoms with Crippen LogP contribution in [-0.2, 0) is 9.59 Å². The Labute approximate surface area is 71.6 Å². The zero-order chi connectivity index (χ0) is 9.78. The van der Waals surface area contributed by atoms with Crippen molar-refractivity contribution >= 4 is 11.9 Å². The molecule has 0 atom stereocenters. The molecule has 0 aromatic carbocycles. The highest BCUT2D eigenvalue weighted by Crippen LogP contribution is 1.87. The van der Waals surface area contributed by atoms with Crippen molar-refractivity contribution in [2.24, 2.45) is 0 Å². The number of amides is 1. The zero-order valence-corrected chi connectivity index (χ0v) is 7.63. The molecule has 0 aliphatic heterocycles. The van der Waals surface area contributed by atoms with Crippen molar-refractivity contribution in [3.8, 4) is 0 Å². The van der Waals surface area contributed by atoms with Gasteiger partial charge in [0.2, 0.25) is 0 Å². The van der Waals surface area contributed by atoms with Crippen molar-refractivity contribution in [2.45, 2.75) is 0 Å². The number of nitrogens with one attached hydrogen (secondary N) is 1. The van der Waals surface area contributed by atoms with E-state index in [-0.39, 0.29) is 19.0 Å². The first-order valence-electron chi connectivity index (χ1n) is 3.60. The second-order valence-corrected chi connectivity index (χ2v) is 3.62. The van der Waals surface area contributed by atoms with Gasteiger partial charge in [-0.05, 0) is 0 Å². The minimum absolute atomic E-state index is 0.245. The molecule has 2 N–H and O–H groups in total. The van der Waals surface area contributed by atoms with Crippen molar-refractivity contribution in [3.63, 3.8) is 0 Å². The Kier molecular flexibility index (Phi) is 3.69. The van der Waals surface area contributed by atoms with Gasteiger partial charge in [-0.2, -0.15) is 0 Å². The standard InChI is InChI=1S/C7H14N2O3/c1-9(2,3)5-6(10)8-4-7(11)12/h4-5H2,1-3H3,(H-,8,10,11,12)/p+1. The normalized spacial score (nSPS) is 10.9. The third-order valence-corrected chi connectivity index (χ3v) is 1.05.